The molecule has 39 heavy (non-hydrogen) atoms. The number of anilines is 2. The predicted octanol–water partition coefficient (Wildman–Crippen LogP) is 3.68. The second kappa shape index (κ2) is 9.62. The second-order valence-electron chi connectivity index (χ2n) is 11.1. The van der Waals surface area contributed by atoms with E-state index in [1.165, 1.54) is 18.3 Å². The third-order valence-electron chi connectivity index (χ3n) is 8.06. The third-order valence-corrected chi connectivity index (χ3v) is 8.06. The maximum atomic E-state index is 15.5. The van der Waals surface area contributed by atoms with Crippen molar-refractivity contribution in [2.45, 2.75) is 56.3 Å². The molecule has 6 rings (SSSR count). The molecule has 1 amide bonds. The molecule has 8 nitrogen and oxygen atoms in total. The summed E-state index contributed by atoms with van der Waals surface area (Å²) in [5.41, 5.74) is 7.05. The van der Waals surface area contributed by atoms with Crippen molar-refractivity contribution in [3.05, 3.63) is 71.2 Å². The van der Waals surface area contributed by atoms with Gasteiger partial charge in [0.15, 0.2) is 0 Å². The molecule has 3 atom stereocenters. The quantitative estimate of drug-likeness (QED) is 0.380. The topological polar surface area (TPSA) is 125 Å². The molecule has 1 aliphatic heterocycles. The van der Waals surface area contributed by atoms with Gasteiger partial charge in [-0.15, -0.1) is 0 Å². The molecule has 204 valence electrons. The maximum absolute atomic E-state index is 15.5. The number of nitrogens with one attached hydrogen (secondary N) is 1. The van der Waals surface area contributed by atoms with Crippen LogP contribution < -0.4 is 16.0 Å². The lowest BCUT2D eigenvalue weighted by Gasteiger charge is -2.40. The molecule has 0 radical (unpaired) electrons. The summed E-state index contributed by atoms with van der Waals surface area (Å²) in [6.45, 7) is 2.84. The molecule has 0 unspecified atom stereocenters. The number of nitrogens with zero attached hydrogens (tertiary/aromatic N) is 3. The molecule has 3 aromatic rings. The van der Waals surface area contributed by atoms with E-state index in [1.54, 1.807) is 18.3 Å². The first kappa shape index (κ1) is 25.8. The number of hydrogen-bond donors (Lipinski definition) is 4. The summed E-state index contributed by atoms with van der Waals surface area (Å²) in [6, 6.07) is 6.70. The van der Waals surface area contributed by atoms with Gasteiger partial charge in [-0.2, -0.15) is 0 Å². The number of piperidine rings is 1. The van der Waals surface area contributed by atoms with Crippen molar-refractivity contribution in [2.24, 2.45) is 11.7 Å². The Morgan fingerprint density at radius 1 is 1.15 bits per heavy atom. The molecule has 1 aromatic carbocycles. The summed E-state index contributed by atoms with van der Waals surface area (Å²) in [5, 5.41) is 23.6. The van der Waals surface area contributed by atoms with E-state index in [1.807, 2.05) is 11.8 Å². The standard InChI is InChI=1S/C29H31F2N5O3/c1-15-13-36(14-21(32)27(15)37)24-6-9-33-12-23(24)35-28(38)22-5-4-19(30)26(34-22)25-18(16-2-3-16)10-17(11-20(25)31)29(39)7-8-29/h4-6,9-12,15-16,21,27,37,39H,2-3,7-8,13-14,32H2,1H3,(H,35,38)/t15-,21+,27+/m0/s1. The van der Waals surface area contributed by atoms with Gasteiger partial charge >= 0.3 is 0 Å². The fraction of sp³-hybridized carbons (Fsp3) is 0.414. The van der Waals surface area contributed by atoms with E-state index in [4.69, 9.17) is 5.73 Å². The Labute approximate surface area is 224 Å². The largest absolute Gasteiger partial charge is 0.391 e. The van der Waals surface area contributed by atoms with E-state index >= 15 is 8.78 Å². The first-order valence-corrected chi connectivity index (χ1v) is 13.3. The molecule has 3 aliphatic rings. The maximum Gasteiger partial charge on any atom is 0.274 e. The highest BCUT2D eigenvalue weighted by Crippen LogP contribution is 2.51. The number of rotatable bonds is 6. The Morgan fingerprint density at radius 3 is 2.62 bits per heavy atom. The first-order chi connectivity index (χ1) is 18.6. The molecule has 10 heteroatoms. The van der Waals surface area contributed by atoms with Crippen LogP contribution in [0.4, 0.5) is 20.2 Å². The van der Waals surface area contributed by atoms with Crippen molar-refractivity contribution in [1.29, 1.82) is 0 Å². The van der Waals surface area contributed by atoms with Gasteiger partial charge in [0.1, 0.15) is 23.0 Å². The number of hydrogen-bond acceptors (Lipinski definition) is 7. The summed E-state index contributed by atoms with van der Waals surface area (Å²) in [4.78, 5) is 23.7. The highest BCUT2D eigenvalue weighted by atomic mass is 19.1. The highest BCUT2D eigenvalue weighted by molar-refractivity contribution is 6.05. The zero-order valence-electron chi connectivity index (χ0n) is 21.6. The van der Waals surface area contributed by atoms with Gasteiger partial charge in [0.25, 0.3) is 5.91 Å². The van der Waals surface area contributed by atoms with Crippen molar-refractivity contribution < 1.29 is 23.8 Å². The van der Waals surface area contributed by atoms with Gasteiger partial charge in [0.05, 0.1) is 29.3 Å². The van der Waals surface area contributed by atoms with Crippen molar-refractivity contribution in [1.82, 2.24) is 9.97 Å². The van der Waals surface area contributed by atoms with Crippen LogP contribution in [0.25, 0.3) is 11.3 Å². The third kappa shape index (κ3) is 4.88. The number of aliphatic hydroxyl groups is 2. The number of halogens is 2. The Hall–Kier alpha value is -3.47. The van der Waals surface area contributed by atoms with Gasteiger partial charge in [-0.25, -0.2) is 13.8 Å². The molecule has 0 bridgehead atoms. The molecule has 2 saturated carbocycles. The number of nitrogens with two attached hydrogens (primary N) is 1. The lowest BCUT2D eigenvalue weighted by atomic mass is 9.92. The number of carbonyl (C=O) groups is 1. The molecular formula is C29H31F2N5O3. The second-order valence-corrected chi connectivity index (χ2v) is 11.1. The van der Waals surface area contributed by atoms with Crippen LogP contribution in [0.2, 0.25) is 0 Å². The molecule has 0 spiro atoms. The van der Waals surface area contributed by atoms with Crippen LogP contribution in [0, 0.1) is 17.6 Å². The number of aromatic nitrogens is 2. The van der Waals surface area contributed by atoms with Crippen LogP contribution in [-0.4, -0.2) is 51.3 Å². The van der Waals surface area contributed by atoms with Crippen molar-refractivity contribution in [3.8, 4) is 11.3 Å². The van der Waals surface area contributed by atoms with Crippen LogP contribution >= 0.6 is 0 Å². The number of carbonyl (C=O) groups excluding carboxylic acids is 1. The average molecular weight is 536 g/mol. The minimum Gasteiger partial charge on any atom is -0.391 e. The monoisotopic (exact) mass is 535 g/mol. The van der Waals surface area contributed by atoms with E-state index in [9.17, 15) is 15.0 Å². The van der Waals surface area contributed by atoms with E-state index in [2.05, 4.69) is 15.3 Å². The summed E-state index contributed by atoms with van der Waals surface area (Å²) < 4.78 is 30.6. The number of aliphatic hydroxyl groups excluding tert-OH is 1. The highest BCUT2D eigenvalue weighted by Gasteiger charge is 2.44. The van der Waals surface area contributed by atoms with E-state index in [0.29, 0.717) is 48.4 Å². The summed E-state index contributed by atoms with van der Waals surface area (Å²) in [7, 11) is 0. The zero-order valence-corrected chi connectivity index (χ0v) is 21.6. The van der Waals surface area contributed by atoms with E-state index in [0.717, 1.165) is 18.9 Å². The average Bonchev–Trinajstić information content (AvgIpc) is 3.84. The van der Waals surface area contributed by atoms with E-state index < -0.39 is 35.3 Å². The number of pyridine rings is 2. The molecule has 5 N–H and O–H groups in total. The molecular weight excluding hydrogens is 504 g/mol. The van der Waals surface area contributed by atoms with Crippen molar-refractivity contribution in [3.63, 3.8) is 0 Å². The fourth-order valence-electron chi connectivity index (χ4n) is 5.47. The minimum absolute atomic E-state index is 0.0366. The Morgan fingerprint density at radius 2 is 1.92 bits per heavy atom. The molecule has 1 saturated heterocycles. The van der Waals surface area contributed by atoms with Gasteiger partial charge < -0.3 is 26.2 Å². The fourth-order valence-corrected chi connectivity index (χ4v) is 5.47. The van der Waals surface area contributed by atoms with Crippen LogP contribution in [0.5, 0.6) is 0 Å². The molecule has 3 heterocycles. The van der Waals surface area contributed by atoms with Crippen molar-refractivity contribution >= 4 is 17.3 Å². The van der Waals surface area contributed by atoms with Gasteiger partial charge in [0.2, 0.25) is 0 Å². The molecule has 2 aromatic heterocycles. The number of benzene rings is 1. The Kier molecular flexibility index (Phi) is 6.36. The van der Waals surface area contributed by atoms with Crippen LogP contribution in [0.1, 0.15) is 60.1 Å². The molecule has 3 fully saturated rings. The Balaban J connectivity index is 1.31. The number of amides is 1. The van der Waals surface area contributed by atoms with Crippen LogP contribution in [0.3, 0.4) is 0 Å². The van der Waals surface area contributed by atoms with Crippen LogP contribution in [-0.2, 0) is 5.60 Å². The smallest absolute Gasteiger partial charge is 0.274 e. The summed E-state index contributed by atoms with van der Waals surface area (Å²) in [6.07, 6.45) is 5.31. The lowest BCUT2D eigenvalue weighted by Crippen LogP contribution is -2.55. The van der Waals surface area contributed by atoms with Gasteiger partial charge in [-0.1, -0.05) is 13.0 Å². The minimum atomic E-state index is -1.02. The normalized spacial score (nSPS) is 23.9. The van der Waals surface area contributed by atoms with E-state index in [-0.39, 0.29) is 28.8 Å². The van der Waals surface area contributed by atoms with Gasteiger partial charge in [-0.3, -0.25) is 9.78 Å². The summed E-state index contributed by atoms with van der Waals surface area (Å²) >= 11 is 0. The SMILES string of the molecule is C[C@H]1CN(c2ccncc2NC(=O)c2ccc(F)c(-c3c(F)cc(C4(O)CC4)cc3C3CC3)n2)C[C@@H](N)[C@@H]1O. The predicted molar refractivity (Wildman–Crippen MR) is 142 cm³/mol. The van der Waals surface area contributed by atoms with Gasteiger partial charge in [-0.05, 0) is 67.0 Å². The zero-order chi connectivity index (χ0) is 27.5. The Bertz CT molecular complexity index is 1430. The summed E-state index contributed by atoms with van der Waals surface area (Å²) in [5.74, 6) is -2.01. The molecule has 2 aliphatic carbocycles. The lowest BCUT2D eigenvalue weighted by molar-refractivity contribution is 0.0785. The first-order valence-electron chi connectivity index (χ1n) is 13.3. The van der Waals surface area contributed by atoms with Crippen LogP contribution in [0.15, 0.2) is 42.7 Å². The van der Waals surface area contributed by atoms with Gasteiger partial charge in [0, 0.05) is 36.8 Å². The van der Waals surface area contributed by atoms with Crippen molar-refractivity contribution in [2.75, 3.05) is 23.3 Å².